The van der Waals surface area contributed by atoms with Crippen molar-refractivity contribution in [3.63, 3.8) is 0 Å². The van der Waals surface area contributed by atoms with Crippen molar-refractivity contribution in [3.8, 4) is 11.4 Å². The minimum atomic E-state index is -0.319. The molecule has 3 rings (SSSR count). The third-order valence-electron chi connectivity index (χ3n) is 3.69. The predicted molar refractivity (Wildman–Crippen MR) is 80.0 cm³/mol. The number of amides is 1. The summed E-state index contributed by atoms with van der Waals surface area (Å²) >= 11 is 0. The third kappa shape index (κ3) is 4.35. The summed E-state index contributed by atoms with van der Waals surface area (Å²) in [5, 5.41) is 6.69. The van der Waals surface area contributed by atoms with Crippen LogP contribution >= 0.6 is 0 Å². The first kappa shape index (κ1) is 15.6. The van der Waals surface area contributed by atoms with Gasteiger partial charge in [-0.2, -0.15) is 4.98 Å². The first-order valence-corrected chi connectivity index (χ1v) is 7.67. The van der Waals surface area contributed by atoms with Crippen LogP contribution in [0.2, 0.25) is 0 Å². The highest BCUT2D eigenvalue weighted by Gasteiger charge is 2.16. The summed E-state index contributed by atoms with van der Waals surface area (Å²) in [5.74, 6) is 0.388. The number of nitrogens with zero attached hydrogens (tertiary/aromatic N) is 2. The molecule has 1 aromatic carbocycles. The van der Waals surface area contributed by atoms with Gasteiger partial charge in [0, 0.05) is 31.6 Å². The molecule has 0 bridgehead atoms. The Bertz CT molecular complexity index is 651. The lowest BCUT2D eigenvalue weighted by Crippen LogP contribution is -2.31. The molecule has 1 atom stereocenters. The number of nitrogens with one attached hydrogen (secondary N) is 1. The van der Waals surface area contributed by atoms with E-state index >= 15 is 0 Å². The molecule has 1 amide bonds. The quantitative estimate of drug-likeness (QED) is 0.882. The second kappa shape index (κ2) is 7.32. The fraction of sp³-hybridized carbons (Fsp3) is 0.438. The Labute approximate surface area is 133 Å². The number of aromatic nitrogens is 2. The lowest BCUT2D eigenvalue weighted by atomic mass is 10.2. The van der Waals surface area contributed by atoms with E-state index in [1.54, 1.807) is 12.1 Å². The molecule has 0 spiro atoms. The van der Waals surface area contributed by atoms with E-state index in [1.807, 2.05) is 0 Å². The van der Waals surface area contributed by atoms with Gasteiger partial charge in [-0.3, -0.25) is 4.79 Å². The molecule has 1 saturated heterocycles. The number of carbonyl (C=O) groups is 1. The number of aryl methyl sites for hydroxylation is 1. The van der Waals surface area contributed by atoms with E-state index in [0.717, 1.165) is 19.4 Å². The summed E-state index contributed by atoms with van der Waals surface area (Å²) in [6, 6.07) is 5.84. The van der Waals surface area contributed by atoms with Crippen molar-refractivity contribution >= 4 is 5.91 Å². The Kier molecular flexibility index (Phi) is 4.97. The summed E-state index contributed by atoms with van der Waals surface area (Å²) in [5.41, 5.74) is 0.671. The number of hydrogen-bond donors (Lipinski definition) is 1. The summed E-state index contributed by atoms with van der Waals surface area (Å²) in [6.45, 7) is 1.32. The second-order valence-corrected chi connectivity index (χ2v) is 5.46. The Hall–Kier alpha value is -2.28. The summed E-state index contributed by atoms with van der Waals surface area (Å²) in [4.78, 5) is 16.0. The summed E-state index contributed by atoms with van der Waals surface area (Å²) in [6.07, 6.45) is 2.82. The monoisotopic (exact) mass is 319 g/mol. The molecule has 1 fully saturated rings. The molecule has 1 aliphatic rings. The number of benzene rings is 1. The van der Waals surface area contributed by atoms with Crippen molar-refractivity contribution in [3.05, 3.63) is 36.0 Å². The van der Waals surface area contributed by atoms with Crippen molar-refractivity contribution in [2.24, 2.45) is 0 Å². The first-order valence-electron chi connectivity index (χ1n) is 7.67. The van der Waals surface area contributed by atoms with Gasteiger partial charge in [0.05, 0.1) is 6.10 Å². The number of ether oxygens (including phenoxy) is 1. The molecule has 0 aliphatic carbocycles. The molecule has 2 aromatic rings. The van der Waals surface area contributed by atoms with E-state index in [2.05, 4.69) is 15.5 Å². The van der Waals surface area contributed by atoms with Crippen LogP contribution in [-0.4, -0.2) is 35.3 Å². The second-order valence-electron chi connectivity index (χ2n) is 5.46. The van der Waals surface area contributed by atoms with Gasteiger partial charge in [-0.25, -0.2) is 4.39 Å². The minimum Gasteiger partial charge on any atom is -0.376 e. The first-order chi connectivity index (χ1) is 11.2. The van der Waals surface area contributed by atoms with E-state index in [4.69, 9.17) is 9.26 Å². The van der Waals surface area contributed by atoms with Crippen LogP contribution in [0, 0.1) is 5.82 Å². The normalized spacial score (nSPS) is 17.3. The SMILES string of the molecule is O=C(CCc1nc(-c2ccc(F)cc2)no1)NC[C@H]1CCCO1. The van der Waals surface area contributed by atoms with E-state index < -0.39 is 0 Å². The molecular weight excluding hydrogens is 301 g/mol. The fourth-order valence-electron chi connectivity index (χ4n) is 2.41. The molecule has 7 heteroatoms. The summed E-state index contributed by atoms with van der Waals surface area (Å²) in [7, 11) is 0. The molecule has 0 saturated carbocycles. The van der Waals surface area contributed by atoms with Gasteiger partial charge in [-0.1, -0.05) is 5.16 Å². The minimum absolute atomic E-state index is 0.0676. The molecule has 0 unspecified atom stereocenters. The highest BCUT2D eigenvalue weighted by molar-refractivity contribution is 5.76. The molecule has 122 valence electrons. The third-order valence-corrected chi connectivity index (χ3v) is 3.69. The van der Waals surface area contributed by atoms with Gasteiger partial charge in [-0.05, 0) is 37.1 Å². The van der Waals surface area contributed by atoms with Crippen molar-refractivity contribution < 1.29 is 18.4 Å². The van der Waals surface area contributed by atoms with Crippen molar-refractivity contribution in [2.45, 2.75) is 31.8 Å². The lowest BCUT2D eigenvalue weighted by molar-refractivity contribution is -0.121. The van der Waals surface area contributed by atoms with Crippen LogP contribution in [0.5, 0.6) is 0 Å². The zero-order valence-electron chi connectivity index (χ0n) is 12.6. The maximum atomic E-state index is 12.9. The lowest BCUT2D eigenvalue weighted by Gasteiger charge is -2.09. The van der Waals surface area contributed by atoms with E-state index in [-0.39, 0.29) is 24.2 Å². The van der Waals surface area contributed by atoms with Crippen LogP contribution in [0.25, 0.3) is 11.4 Å². The average molecular weight is 319 g/mol. The number of rotatable bonds is 6. The molecular formula is C16H18FN3O3. The average Bonchev–Trinajstić information content (AvgIpc) is 3.23. The number of carbonyl (C=O) groups excluding carboxylic acids is 1. The van der Waals surface area contributed by atoms with Crippen LogP contribution in [-0.2, 0) is 16.0 Å². The topological polar surface area (TPSA) is 77.2 Å². The van der Waals surface area contributed by atoms with Crippen LogP contribution in [0.15, 0.2) is 28.8 Å². The van der Waals surface area contributed by atoms with Crippen LogP contribution in [0.3, 0.4) is 0 Å². The van der Waals surface area contributed by atoms with Crippen LogP contribution in [0.4, 0.5) is 4.39 Å². The number of hydrogen-bond acceptors (Lipinski definition) is 5. The van der Waals surface area contributed by atoms with E-state index in [0.29, 0.717) is 30.2 Å². The van der Waals surface area contributed by atoms with Gasteiger partial charge in [0.25, 0.3) is 0 Å². The van der Waals surface area contributed by atoms with Gasteiger partial charge in [0.1, 0.15) is 5.82 Å². The van der Waals surface area contributed by atoms with Crippen LogP contribution in [0.1, 0.15) is 25.2 Å². The highest BCUT2D eigenvalue weighted by atomic mass is 19.1. The van der Waals surface area contributed by atoms with Gasteiger partial charge >= 0.3 is 0 Å². The largest absolute Gasteiger partial charge is 0.376 e. The van der Waals surface area contributed by atoms with E-state index in [9.17, 15) is 9.18 Å². The zero-order chi connectivity index (χ0) is 16.1. The Morgan fingerprint density at radius 2 is 2.17 bits per heavy atom. The van der Waals surface area contributed by atoms with Crippen molar-refractivity contribution in [1.82, 2.24) is 15.5 Å². The molecule has 2 heterocycles. The molecule has 0 radical (unpaired) electrons. The van der Waals surface area contributed by atoms with Gasteiger partial charge in [0.2, 0.25) is 17.6 Å². The molecule has 23 heavy (non-hydrogen) atoms. The molecule has 1 N–H and O–H groups in total. The van der Waals surface area contributed by atoms with Gasteiger partial charge in [-0.15, -0.1) is 0 Å². The smallest absolute Gasteiger partial charge is 0.227 e. The Morgan fingerprint density at radius 1 is 1.35 bits per heavy atom. The maximum Gasteiger partial charge on any atom is 0.227 e. The Morgan fingerprint density at radius 3 is 2.91 bits per heavy atom. The molecule has 6 nitrogen and oxygen atoms in total. The van der Waals surface area contributed by atoms with E-state index in [1.165, 1.54) is 12.1 Å². The Balaban J connectivity index is 1.47. The summed E-state index contributed by atoms with van der Waals surface area (Å²) < 4.78 is 23.4. The van der Waals surface area contributed by atoms with Crippen LogP contribution < -0.4 is 5.32 Å². The predicted octanol–water partition coefficient (Wildman–Crippen LogP) is 2.10. The van der Waals surface area contributed by atoms with Gasteiger partial charge < -0.3 is 14.6 Å². The van der Waals surface area contributed by atoms with Crippen molar-refractivity contribution in [2.75, 3.05) is 13.2 Å². The standard InChI is InChI=1S/C16H18FN3O3/c17-12-5-3-11(4-6-12)16-19-15(23-20-16)8-7-14(21)18-10-13-2-1-9-22-13/h3-6,13H,1-2,7-10H2,(H,18,21)/t13-/m1/s1. The maximum absolute atomic E-state index is 12.9. The van der Waals surface area contributed by atoms with Gasteiger partial charge in [0.15, 0.2) is 0 Å². The zero-order valence-corrected chi connectivity index (χ0v) is 12.6. The molecule has 1 aliphatic heterocycles. The highest BCUT2D eigenvalue weighted by Crippen LogP contribution is 2.16. The molecule has 1 aromatic heterocycles. The number of halogens is 1. The fourth-order valence-corrected chi connectivity index (χ4v) is 2.41. The van der Waals surface area contributed by atoms with Crippen molar-refractivity contribution in [1.29, 1.82) is 0 Å².